The number of esters is 1. The first-order valence-corrected chi connectivity index (χ1v) is 23.5. The molecule has 336 valence electrons. The molecule has 2 amide bonds. The third-order valence-electron chi connectivity index (χ3n) is 10.7. The lowest BCUT2D eigenvalue weighted by atomic mass is 10.0. The van der Waals surface area contributed by atoms with Gasteiger partial charge in [0.1, 0.15) is 18.2 Å². The fourth-order valence-corrected chi connectivity index (χ4v) is 6.99. The van der Waals surface area contributed by atoms with Gasteiger partial charge in [-0.05, 0) is 83.0 Å². The first-order valence-electron chi connectivity index (χ1n) is 23.5. The molecule has 1 unspecified atom stereocenters. The Morgan fingerprint density at radius 3 is 1.40 bits per heavy atom. The zero-order valence-corrected chi connectivity index (χ0v) is 37.4. The molecule has 0 aromatic carbocycles. The highest BCUT2D eigenvalue weighted by Crippen LogP contribution is 2.17. The molecule has 58 heavy (non-hydrogen) atoms. The van der Waals surface area contributed by atoms with Gasteiger partial charge in [-0.3, -0.25) is 19.2 Å². The van der Waals surface area contributed by atoms with Crippen LogP contribution in [0.2, 0.25) is 0 Å². The molecule has 0 saturated carbocycles. The van der Waals surface area contributed by atoms with E-state index < -0.39 is 48.4 Å². The van der Waals surface area contributed by atoms with E-state index in [4.69, 9.17) is 9.84 Å². The van der Waals surface area contributed by atoms with Crippen molar-refractivity contribution in [1.29, 1.82) is 0 Å². The van der Waals surface area contributed by atoms with Crippen molar-refractivity contribution in [3.63, 3.8) is 0 Å². The molecule has 0 saturated heterocycles. The van der Waals surface area contributed by atoms with Crippen LogP contribution in [0.3, 0.4) is 0 Å². The smallest absolute Gasteiger partial charge is 0.326 e. The average molecular weight is 819 g/mol. The van der Waals surface area contributed by atoms with Gasteiger partial charge in [-0.2, -0.15) is 0 Å². The summed E-state index contributed by atoms with van der Waals surface area (Å²) in [5.41, 5.74) is 0. The summed E-state index contributed by atoms with van der Waals surface area (Å²) in [6.07, 6.45) is 39.2. The van der Waals surface area contributed by atoms with Crippen LogP contribution in [-0.4, -0.2) is 58.1 Å². The fourth-order valence-electron chi connectivity index (χ4n) is 6.99. The number of aliphatic carboxylic acids is 2. The third kappa shape index (κ3) is 34.8. The number of carbonyl (C=O) groups is 5. The average Bonchev–Trinajstić information content (AvgIpc) is 3.18. The van der Waals surface area contributed by atoms with E-state index in [1.54, 1.807) is 13.8 Å². The SMILES string of the molecule is CCCCCCCCC=CCCCCCCCC(=O)OC(CCCCCCCC=CCCCCCCCC)CC(=O)N[C@H](C(=O)N[C@@H](CCC(=O)O)C(=O)O)C(C)C. The zero-order chi connectivity index (χ0) is 43.1. The van der Waals surface area contributed by atoms with Crippen LogP contribution < -0.4 is 10.6 Å². The van der Waals surface area contributed by atoms with Crippen molar-refractivity contribution in [2.45, 2.75) is 245 Å². The Bertz CT molecular complexity index is 1120. The Hall–Kier alpha value is -3.17. The number of unbranched alkanes of at least 4 members (excludes halogenated alkanes) is 22. The highest BCUT2D eigenvalue weighted by molar-refractivity contribution is 5.91. The summed E-state index contributed by atoms with van der Waals surface area (Å²) in [5, 5.41) is 23.6. The van der Waals surface area contributed by atoms with Gasteiger partial charge in [0.05, 0.1) is 6.42 Å². The van der Waals surface area contributed by atoms with Crippen LogP contribution >= 0.6 is 0 Å². The van der Waals surface area contributed by atoms with E-state index in [1.165, 1.54) is 83.5 Å². The Balaban J connectivity index is 4.87. The number of ether oxygens (including phenoxy) is 1. The number of amides is 2. The van der Waals surface area contributed by atoms with Crippen molar-refractivity contribution in [3.8, 4) is 0 Å². The standard InChI is InChI=1S/C48H86N2O8/c1-5-7-9-11-13-15-17-19-21-23-25-27-29-31-33-35-41(39-43(51)50-46(40(3)4)47(55)49-42(48(56)57)37-38-44(52)53)58-45(54)36-34-32-30-28-26-24-22-20-18-16-14-12-10-8-6-2/h19-22,40-42,46H,5-18,23-39H2,1-4H3,(H,49,55)(H,50,51)(H,52,53)(H,56,57)/t41?,42-,46-/m0/s1. The van der Waals surface area contributed by atoms with E-state index in [0.29, 0.717) is 12.8 Å². The van der Waals surface area contributed by atoms with Gasteiger partial charge in [0, 0.05) is 12.8 Å². The topological polar surface area (TPSA) is 159 Å². The van der Waals surface area contributed by atoms with Crippen LogP contribution in [0.5, 0.6) is 0 Å². The second kappa shape index (κ2) is 39.3. The van der Waals surface area contributed by atoms with Gasteiger partial charge in [-0.15, -0.1) is 0 Å². The minimum absolute atomic E-state index is 0.0978. The molecule has 10 heteroatoms. The number of carboxylic acids is 2. The Morgan fingerprint density at radius 2 is 0.966 bits per heavy atom. The molecule has 0 aromatic heterocycles. The van der Waals surface area contributed by atoms with Gasteiger partial charge in [0.2, 0.25) is 11.8 Å². The molecule has 0 radical (unpaired) electrons. The minimum atomic E-state index is -1.40. The predicted molar refractivity (Wildman–Crippen MR) is 237 cm³/mol. The Morgan fingerprint density at radius 1 is 0.534 bits per heavy atom. The van der Waals surface area contributed by atoms with Crippen LogP contribution in [0.4, 0.5) is 0 Å². The molecule has 4 N–H and O–H groups in total. The van der Waals surface area contributed by atoms with E-state index in [2.05, 4.69) is 48.8 Å². The molecule has 0 rings (SSSR count). The van der Waals surface area contributed by atoms with E-state index in [-0.39, 0.29) is 24.7 Å². The van der Waals surface area contributed by atoms with Crippen molar-refractivity contribution in [2.24, 2.45) is 5.92 Å². The van der Waals surface area contributed by atoms with E-state index in [0.717, 1.165) is 83.5 Å². The summed E-state index contributed by atoms with van der Waals surface area (Å²) in [6.45, 7) is 7.95. The molecule has 0 aliphatic rings. The first kappa shape index (κ1) is 54.8. The summed E-state index contributed by atoms with van der Waals surface area (Å²) in [5.74, 6) is -4.36. The number of nitrogens with one attached hydrogen (secondary N) is 2. The van der Waals surface area contributed by atoms with Crippen LogP contribution in [0.1, 0.15) is 227 Å². The van der Waals surface area contributed by atoms with Crippen molar-refractivity contribution >= 4 is 29.7 Å². The number of carboxylic acid groups (broad SMARTS) is 2. The third-order valence-corrected chi connectivity index (χ3v) is 10.7. The molecular formula is C48H86N2O8. The second-order valence-electron chi connectivity index (χ2n) is 16.6. The lowest BCUT2D eigenvalue weighted by Crippen LogP contribution is -2.54. The van der Waals surface area contributed by atoms with E-state index >= 15 is 0 Å². The number of allylic oxidation sites excluding steroid dienone is 4. The number of hydrogen-bond acceptors (Lipinski definition) is 6. The van der Waals surface area contributed by atoms with E-state index in [1.807, 2.05) is 0 Å². The highest BCUT2D eigenvalue weighted by atomic mass is 16.5. The van der Waals surface area contributed by atoms with Gasteiger partial charge < -0.3 is 25.6 Å². The predicted octanol–water partition coefficient (Wildman–Crippen LogP) is 11.9. The molecule has 0 spiro atoms. The van der Waals surface area contributed by atoms with Gasteiger partial charge in [0.25, 0.3) is 0 Å². The maximum atomic E-state index is 13.3. The molecule has 0 heterocycles. The number of rotatable bonds is 41. The van der Waals surface area contributed by atoms with Gasteiger partial charge in [-0.25, -0.2) is 4.79 Å². The molecule has 0 aliphatic heterocycles. The summed E-state index contributed by atoms with van der Waals surface area (Å²) in [6, 6.07) is -2.43. The van der Waals surface area contributed by atoms with Crippen LogP contribution in [0.25, 0.3) is 0 Å². The molecular weight excluding hydrogens is 733 g/mol. The van der Waals surface area contributed by atoms with Crippen molar-refractivity contribution in [1.82, 2.24) is 10.6 Å². The highest BCUT2D eigenvalue weighted by Gasteiger charge is 2.30. The van der Waals surface area contributed by atoms with Gasteiger partial charge >= 0.3 is 17.9 Å². The summed E-state index contributed by atoms with van der Waals surface area (Å²) < 4.78 is 5.86. The van der Waals surface area contributed by atoms with Crippen LogP contribution in [0, 0.1) is 5.92 Å². The number of hydrogen-bond donors (Lipinski definition) is 4. The maximum absolute atomic E-state index is 13.3. The van der Waals surface area contributed by atoms with Crippen LogP contribution in [0.15, 0.2) is 24.3 Å². The second-order valence-corrected chi connectivity index (χ2v) is 16.6. The van der Waals surface area contributed by atoms with Gasteiger partial charge in [0.15, 0.2) is 0 Å². The van der Waals surface area contributed by atoms with E-state index in [9.17, 15) is 29.1 Å². The molecule has 0 aromatic rings. The first-order chi connectivity index (χ1) is 28.0. The molecule has 0 fully saturated rings. The maximum Gasteiger partial charge on any atom is 0.326 e. The normalized spacial score (nSPS) is 13.2. The van der Waals surface area contributed by atoms with Crippen molar-refractivity contribution in [3.05, 3.63) is 24.3 Å². The minimum Gasteiger partial charge on any atom is -0.481 e. The Labute approximate surface area is 353 Å². The van der Waals surface area contributed by atoms with Crippen molar-refractivity contribution < 1.29 is 38.9 Å². The quantitative estimate of drug-likeness (QED) is 0.0269. The summed E-state index contributed by atoms with van der Waals surface area (Å²) >= 11 is 0. The molecule has 0 bridgehead atoms. The molecule has 0 aliphatic carbocycles. The number of carbonyl (C=O) groups excluding carboxylic acids is 3. The van der Waals surface area contributed by atoms with Crippen molar-refractivity contribution in [2.75, 3.05) is 0 Å². The molecule has 3 atom stereocenters. The zero-order valence-electron chi connectivity index (χ0n) is 37.4. The van der Waals surface area contributed by atoms with Gasteiger partial charge in [-0.1, -0.05) is 155 Å². The summed E-state index contributed by atoms with van der Waals surface area (Å²) in [4.78, 5) is 61.9. The largest absolute Gasteiger partial charge is 0.481 e. The molecule has 10 nitrogen and oxygen atoms in total. The van der Waals surface area contributed by atoms with Crippen LogP contribution in [-0.2, 0) is 28.7 Å². The Kier molecular flexibility index (Phi) is 37.2. The lowest BCUT2D eigenvalue weighted by molar-refractivity contribution is -0.151. The summed E-state index contributed by atoms with van der Waals surface area (Å²) in [7, 11) is 0. The lowest BCUT2D eigenvalue weighted by Gasteiger charge is -2.25. The monoisotopic (exact) mass is 819 g/mol. The fraction of sp³-hybridized carbons (Fsp3) is 0.812.